The molecule has 1 aliphatic heterocycles. The molecule has 5 nitrogen and oxygen atoms in total. The fraction of sp³-hybridized carbons (Fsp3) is 0.188. The Bertz CT molecular complexity index is 795. The minimum atomic E-state index is -1.04. The maximum atomic E-state index is 13.9. The average Bonchev–Trinajstić information content (AvgIpc) is 2.64. The van der Waals surface area contributed by atoms with Gasteiger partial charge >= 0.3 is 0 Å². The number of hydrogen-bond donors (Lipinski definition) is 1. The molecule has 1 unspecified atom stereocenters. The zero-order valence-electron chi connectivity index (χ0n) is 12.2. The van der Waals surface area contributed by atoms with Crippen molar-refractivity contribution >= 4 is 23.2 Å². The summed E-state index contributed by atoms with van der Waals surface area (Å²) in [7, 11) is 0. The lowest BCUT2D eigenvalue weighted by atomic mass is 10.1. The third-order valence-electron chi connectivity index (χ3n) is 3.61. The van der Waals surface area contributed by atoms with Gasteiger partial charge in [-0.2, -0.15) is 0 Å². The van der Waals surface area contributed by atoms with Crippen LogP contribution in [0.2, 0.25) is 0 Å². The summed E-state index contributed by atoms with van der Waals surface area (Å²) in [5.41, 5.74) is 0.418. The van der Waals surface area contributed by atoms with E-state index in [1.165, 1.54) is 4.90 Å². The Balaban J connectivity index is 2.06. The smallest absolute Gasteiger partial charge is 0.280 e. The molecule has 0 saturated carbocycles. The van der Waals surface area contributed by atoms with Crippen molar-refractivity contribution in [1.29, 1.82) is 0 Å². The molecule has 0 aliphatic carbocycles. The number of pyridine rings is 1. The Kier molecular flexibility index (Phi) is 3.77. The molecule has 1 aliphatic rings. The maximum Gasteiger partial charge on any atom is 0.280 e. The van der Waals surface area contributed by atoms with Crippen LogP contribution >= 0.6 is 0 Å². The number of nitrogens with one attached hydrogen (secondary N) is 1. The molecule has 0 spiro atoms. The van der Waals surface area contributed by atoms with Crippen molar-refractivity contribution in [2.45, 2.75) is 6.92 Å². The van der Waals surface area contributed by atoms with Gasteiger partial charge in [-0.15, -0.1) is 0 Å². The first-order valence-electron chi connectivity index (χ1n) is 7.00. The first-order chi connectivity index (χ1) is 11.0. The standard InChI is InChI=1S/C16H13F2N3O2/c1-9-8-21(13-5-3-2-4-12(13)20-15(9)22)16(23)14-11(18)6-10(17)7-19-14/h2-7,9H,8H2,1H3,(H,20,22). The average molecular weight is 317 g/mol. The molecule has 0 fully saturated rings. The van der Waals surface area contributed by atoms with Crippen LogP contribution in [0.5, 0.6) is 0 Å². The zero-order chi connectivity index (χ0) is 16.6. The molecular formula is C16H13F2N3O2. The van der Waals surface area contributed by atoms with Crippen LogP contribution in [0.1, 0.15) is 17.4 Å². The lowest BCUT2D eigenvalue weighted by Gasteiger charge is -2.23. The molecule has 1 N–H and O–H groups in total. The van der Waals surface area contributed by atoms with Gasteiger partial charge in [0.2, 0.25) is 5.91 Å². The summed E-state index contributed by atoms with van der Waals surface area (Å²) in [6, 6.07) is 7.33. The second-order valence-corrected chi connectivity index (χ2v) is 5.31. The molecule has 2 heterocycles. The molecule has 23 heavy (non-hydrogen) atoms. The summed E-state index contributed by atoms with van der Waals surface area (Å²) < 4.78 is 26.9. The molecular weight excluding hydrogens is 304 g/mol. The van der Waals surface area contributed by atoms with Gasteiger partial charge in [-0.25, -0.2) is 13.8 Å². The molecule has 118 valence electrons. The first-order valence-corrected chi connectivity index (χ1v) is 7.00. The minimum absolute atomic E-state index is 0.0696. The third kappa shape index (κ3) is 2.77. The van der Waals surface area contributed by atoms with Crippen LogP contribution in [-0.2, 0) is 4.79 Å². The van der Waals surface area contributed by atoms with Crippen molar-refractivity contribution in [1.82, 2.24) is 4.98 Å². The summed E-state index contributed by atoms with van der Waals surface area (Å²) in [5, 5.41) is 2.73. The number of halogens is 2. The van der Waals surface area contributed by atoms with Gasteiger partial charge in [-0.05, 0) is 12.1 Å². The molecule has 2 amide bonds. The molecule has 1 aromatic heterocycles. The van der Waals surface area contributed by atoms with Gasteiger partial charge in [0.1, 0.15) is 5.82 Å². The van der Waals surface area contributed by atoms with Gasteiger partial charge in [0.15, 0.2) is 11.5 Å². The highest BCUT2D eigenvalue weighted by atomic mass is 19.1. The molecule has 1 atom stereocenters. The summed E-state index contributed by atoms with van der Waals surface area (Å²) in [4.78, 5) is 29.5. The van der Waals surface area contributed by atoms with E-state index in [1.54, 1.807) is 31.2 Å². The summed E-state index contributed by atoms with van der Waals surface area (Å²) in [6.45, 7) is 1.73. The van der Waals surface area contributed by atoms with E-state index >= 15 is 0 Å². The lowest BCUT2D eigenvalue weighted by Crippen LogP contribution is -2.36. The number of anilines is 2. The number of fused-ring (bicyclic) bond motifs is 1. The van der Waals surface area contributed by atoms with E-state index < -0.39 is 29.2 Å². The van der Waals surface area contributed by atoms with Crippen LogP contribution in [0.15, 0.2) is 36.5 Å². The summed E-state index contributed by atoms with van der Waals surface area (Å²) in [5.74, 6) is -3.35. The van der Waals surface area contributed by atoms with E-state index in [0.29, 0.717) is 17.4 Å². The molecule has 2 aromatic rings. The third-order valence-corrected chi connectivity index (χ3v) is 3.61. The van der Waals surface area contributed by atoms with E-state index in [9.17, 15) is 18.4 Å². The number of amides is 2. The number of nitrogens with zero attached hydrogens (tertiary/aromatic N) is 2. The van der Waals surface area contributed by atoms with Gasteiger partial charge in [-0.3, -0.25) is 9.59 Å². The number of hydrogen-bond acceptors (Lipinski definition) is 3. The Morgan fingerprint density at radius 3 is 2.83 bits per heavy atom. The largest absolute Gasteiger partial charge is 0.324 e. The van der Waals surface area contributed by atoms with Crippen LogP contribution < -0.4 is 10.2 Å². The van der Waals surface area contributed by atoms with Crippen LogP contribution in [0.4, 0.5) is 20.2 Å². The molecule has 0 saturated heterocycles. The number of rotatable bonds is 1. The lowest BCUT2D eigenvalue weighted by molar-refractivity contribution is -0.119. The highest BCUT2D eigenvalue weighted by molar-refractivity contribution is 6.10. The van der Waals surface area contributed by atoms with E-state index in [1.807, 2.05) is 0 Å². The molecule has 0 radical (unpaired) electrons. The zero-order valence-corrected chi connectivity index (χ0v) is 12.2. The van der Waals surface area contributed by atoms with Crippen LogP contribution in [0, 0.1) is 17.6 Å². The van der Waals surface area contributed by atoms with Crippen molar-refractivity contribution in [3.05, 3.63) is 53.9 Å². The summed E-state index contributed by atoms with van der Waals surface area (Å²) >= 11 is 0. The maximum absolute atomic E-state index is 13.9. The van der Waals surface area contributed by atoms with E-state index in [0.717, 1.165) is 6.20 Å². The quantitative estimate of drug-likeness (QED) is 0.879. The van der Waals surface area contributed by atoms with Crippen LogP contribution in [0.25, 0.3) is 0 Å². The number of para-hydroxylation sites is 2. The minimum Gasteiger partial charge on any atom is -0.324 e. The Labute approximate surface area is 130 Å². The van der Waals surface area contributed by atoms with Gasteiger partial charge < -0.3 is 10.2 Å². The highest BCUT2D eigenvalue weighted by Crippen LogP contribution is 2.31. The van der Waals surface area contributed by atoms with Crippen molar-refractivity contribution in [3.63, 3.8) is 0 Å². The van der Waals surface area contributed by atoms with Crippen molar-refractivity contribution in [2.24, 2.45) is 5.92 Å². The first kappa shape index (κ1) is 15.1. The van der Waals surface area contributed by atoms with E-state index in [-0.39, 0.29) is 12.5 Å². The van der Waals surface area contributed by atoms with Crippen molar-refractivity contribution < 1.29 is 18.4 Å². The number of carbonyl (C=O) groups excluding carboxylic acids is 2. The predicted octanol–water partition coefficient (Wildman–Crippen LogP) is 2.59. The second kappa shape index (κ2) is 5.75. The number of aromatic nitrogens is 1. The van der Waals surface area contributed by atoms with Crippen molar-refractivity contribution in [3.8, 4) is 0 Å². The highest BCUT2D eigenvalue weighted by Gasteiger charge is 2.31. The molecule has 7 heteroatoms. The van der Waals surface area contributed by atoms with Gasteiger partial charge in [0.25, 0.3) is 5.91 Å². The number of carbonyl (C=O) groups is 2. The molecule has 1 aromatic carbocycles. The SMILES string of the molecule is CC1CN(C(=O)c2ncc(F)cc2F)c2ccccc2NC1=O. The fourth-order valence-corrected chi connectivity index (χ4v) is 2.42. The molecule has 0 bridgehead atoms. The molecule has 3 rings (SSSR count). The Morgan fingerprint density at radius 2 is 2.09 bits per heavy atom. The second-order valence-electron chi connectivity index (χ2n) is 5.31. The monoisotopic (exact) mass is 317 g/mol. The number of benzene rings is 1. The summed E-state index contributed by atoms with van der Waals surface area (Å²) in [6.07, 6.45) is 0.785. The Morgan fingerprint density at radius 1 is 1.35 bits per heavy atom. The van der Waals surface area contributed by atoms with Gasteiger partial charge in [0, 0.05) is 12.6 Å². The van der Waals surface area contributed by atoms with E-state index in [2.05, 4.69) is 10.3 Å². The Hall–Kier alpha value is -2.83. The van der Waals surface area contributed by atoms with Crippen LogP contribution in [0.3, 0.4) is 0 Å². The van der Waals surface area contributed by atoms with Gasteiger partial charge in [-0.1, -0.05) is 19.1 Å². The topological polar surface area (TPSA) is 62.3 Å². The van der Waals surface area contributed by atoms with E-state index in [4.69, 9.17) is 0 Å². The normalized spacial score (nSPS) is 17.3. The van der Waals surface area contributed by atoms with Crippen molar-refractivity contribution in [2.75, 3.05) is 16.8 Å². The fourth-order valence-electron chi connectivity index (χ4n) is 2.42. The predicted molar refractivity (Wildman–Crippen MR) is 80.1 cm³/mol. The van der Waals surface area contributed by atoms with Gasteiger partial charge in [0.05, 0.1) is 23.5 Å². The van der Waals surface area contributed by atoms with Crippen LogP contribution in [-0.4, -0.2) is 23.3 Å².